The van der Waals surface area contributed by atoms with Gasteiger partial charge < -0.3 is 27.9 Å². The van der Waals surface area contributed by atoms with Crippen molar-refractivity contribution in [2.24, 2.45) is 9.98 Å². The quantitative estimate of drug-likeness (QED) is 0.117. The van der Waals surface area contributed by atoms with Crippen LogP contribution in [0.1, 0.15) is 123 Å². The Kier molecular flexibility index (Phi) is 14.3. The fraction of sp³-hybridized carbons (Fsp3) is 0.622. The topological polar surface area (TPSA) is 80.1 Å². The van der Waals surface area contributed by atoms with E-state index in [2.05, 4.69) is 107 Å². The van der Waals surface area contributed by atoms with Crippen LogP contribution in [0.5, 0.6) is 11.5 Å². The van der Waals surface area contributed by atoms with E-state index in [0.717, 1.165) is 28.7 Å². The van der Waals surface area contributed by atoms with E-state index in [4.69, 9.17) is 37.9 Å². The average Bonchev–Trinajstić information content (AvgIpc) is 2.96. The van der Waals surface area contributed by atoms with Crippen LogP contribution in [0.25, 0.3) is 0 Å². The lowest BCUT2D eigenvalue weighted by Gasteiger charge is -2.29. The van der Waals surface area contributed by atoms with Crippen molar-refractivity contribution >= 4 is 27.1 Å². The average molecular weight is 651 g/mol. The van der Waals surface area contributed by atoms with Crippen molar-refractivity contribution in [3.63, 3.8) is 0 Å². The molecule has 0 aliphatic rings. The van der Waals surface area contributed by atoms with E-state index in [1.54, 1.807) is 28.4 Å². The molecule has 0 saturated heterocycles. The molecule has 0 saturated carbocycles. The molecule has 2 aromatic carbocycles. The largest absolute Gasteiger partial charge is 0.712 e. The second-order valence-electron chi connectivity index (χ2n) is 16.1. The SMILES string of the molecule is COB(OC)Oc1c(C=NCCCN=Cc2cc(C(C)(C)C)cc(C(C)(C)C)c2OB(OC)OC)cc(C(C)(C)C)cc1C(C)(C)C. The number of aliphatic imine (C=N–C) groups is 2. The predicted octanol–water partition coefficient (Wildman–Crippen LogP) is 8.12. The molecular formula is C37H60B2N2O6. The fourth-order valence-electron chi connectivity index (χ4n) is 4.89. The van der Waals surface area contributed by atoms with Crippen LogP contribution in [0.2, 0.25) is 0 Å². The lowest BCUT2D eigenvalue weighted by atomic mass is 9.79. The maximum atomic E-state index is 6.25. The molecule has 0 fully saturated rings. The van der Waals surface area contributed by atoms with E-state index in [-0.39, 0.29) is 21.7 Å². The van der Waals surface area contributed by atoms with Gasteiger partial charge in [0, 0.05) is 65.1 Å². The van der Waals surface area contributed by atoms with Gasteiger partial charge in [-0.05, 0) is 62.5 Å². The third-order valence-corrected chi connectivity index (χ3v) is 7.82. The van der Waals surface area contributed by atoms with E-state index in [1.807, 2.05) is 12.4 Å². The number of benzene rings is 2. The van der Waals surface area contributed by atoms with Gasteiger partial charge in [-0.25, -0.2) is 0 Å². The summed E-state index contributed by atoms with van der Waals surface area (Å²) in [4.78, 5) is 9.61. The zero-order valence-corrected chi connectivity index (χ0v) is 32.1. The Labute approximate surface area is 286 Å². The highest BCUT2D eigenvalue weighted by atomic mass is 16.7. The van der Waals surface area contributed by atoms with Gasteiger partial charge in [-0.15, -0.1) is 0 Å². The van der Waals surface area contributed by atoms with Crippen LogP contribution >= 0.6 is 0 Å². The third kappa shape index (κ3) is 11.8. The summed E-state index contributed by atoms with van der Waals surface area (Å²) in [6.07, 6.45) is 4.57. The van der Waals surface area contributed by atoms with Crippen molar-refractivity contribution in [3.8, 4) is 11.5 Å². The van der Waals surface area contributed by atoms with Crippen LogP contribution in [0.4, 0.5) is 0 Å². The Morgan fingerprint density at radius 1 is 0.511 bits per heavy atom. The van der Waals surface area contributed by atoms with Gasteiger partial charge in [0.05, 0.1) is 0 Å². The second-order valence-corrected chi connectivity index (χ2v) is 16.1. The molecule has 0 unspecified atom stereocenters. The van der Waals surface area contributed by atoms with E-state index in [0.29, 0.717) is 24.6 Å². The molecule has 0 amide bonds. The minimum absolute atomic E-state index is 0.0516. The van der Waals surface area contributed by atoms with Crippen LogP contribution in [-0.2, 0) is 40.3 Å². The van der Waals surface area contributed by atoms with Gasteiger partial charge in [-0.1, -0.05) is 95.2 Å². The van der Waals surface area contributed by atoms with Crippen molar-refractivity contribution in [3.05, 3.63) is 57.6 Å². The predicted molar refractivity (Wildman–Crippen MR) is 198 cm³/mol. The first-order valence-electron chi connectivity index (χ1n) is 16.5. The van der Waals surface area contributed by atoms with Crippen molar-refractivity contribution in [2.45, 2.75) is 111 Å². The molecule has 47 heavy (non-hydrogen) atoms. The Hall–Kier alpha value is -2.65. The molecule has 260 valence electrons. The van der Waals surface area contributed by atoms with Crippen molar-refractivity contribution in [2.75, 3.05) is 41.5 Å². The number of nitrogens with zero attached hydrogens (tertiary/aromatic N) is 2. The molecule has 8 nitrogen and oxygen atoms in total. The molecule has 0 N–H and O–H groups in total. The van der Waals surface area contributed by atoms with Crippen LogP contribution in [0.15, 0.2) is 34.3 Å². The molecule has 0 aromatic heterocycles. The summed E-state index contributed by atoms with van der Waals surface area (Å²) < 4.78 is 34.1. The minimum atomic E-state index is -0.828. The van der Waals surface area contributed by atoms with Crippen LogP contribution in [-0.4, -0.2) is 68.6 Å². The van der Waals surface area contributed by atoms with E-state index >= 15 is 0 Å². The highest BCUT2D eigenvalue weighted by Gasteiger charge is 2.31. The Morgan fingerprint density at radius 2 is 0.830 bits per heavy atom. The zero-order valence-electron chi connectivity index (χ0n) is 32.1. The molecule has 10 heteroatoms. The molecule has 0 radical (unpaired) electrons. The minimum Gasteiger partial charge on any atom is -0.511 e. The molecular weight excluding hydrogens is 590 g/mol. The summed E-state index contributed by atoms with van der Waals surface area (Å²) >= 11 is 0. The zero-order chi connectivity index (χ0) is 35.8. The Morgan fingerprint density at radius 3 is 1.09 bits per heavy atom. The third-order valence-electron chi connectivity index (χ3n) is 7.82. The number of hydrogen-bond donors (Lipinski definition) is 0. The lowest BCUT2D eigenvalue weighted by molar-refractivity contribution is 0.199. The van der Waals surface area contributed by atoms with Gasteiger partial charge in [-0.2, -0.15) is 0 Å². The first kappa shape index (κ1) is 40.5. The molecule has 0 aliphatic carbocycles. The highest BCUT2D eigenvalue weighted by Crippen LogP contribution is 2.40. The van der Waals surface area contributed by atoms with Gasteiger partial charge in [-0.3, -0.25) is 9.98 Å². The smallest absolute Gasteiger partial charge is 0.511 e. The molecule has 2 aromatic rings. The van der Waals surface area contributed by atoms with Crippen LogP contribution in [0.3, 0.4) is 0 Å². The summed E-state index contributed by atoms with van der Waals surface area (Å²) in [6, 6.07) is 8.75. The maximum Gasteiger partial charge on any atom is 0.712 e. The molecule has 0 heterocycles. The van der Waals surface area contributed by atoms with Crippen LogP contribution in [0, 0.1) is 0 Å². The van der Waals surface area contributed by atoms with Crippen molar-refractivity contribution < 1.29 is 27.9 Å². The summed E-state index contributed by atoms with van der Waals surface area (Å²) in [6.45, 7) is 27.6. The van der Waals surface area contributed by atoms with E-state index in [1.165, 1.54) is 11.1 Å². The van der Waals surface area contributed by atoms with Gasteiger partial charge in [0.2, 0.25) is 0 Å². The highest BCUT2D eigenvalue weighted by molar-refractivity contribution is 6.37. The lowest BCUT2D eigenvalue weighted by Crippen LogP contribution is -2.30. The van der Waals surface area contributed by atoms with Crippen LogP contribution < -0.4 is 9.31 Å². The molecule has 0 atom stereocenters. The second kappa shape index (κ2) is 16.6. The van der Waals surface area contributed by atoms with Crippen molar-refractivity contribution in [1.29, 1.82) is 0 Å². The molecule has 0 aliphatic heterocycles. The van der Waals surface area contributed by atoms with Gasteiger partial charge in [0.1, 0.15) is 11.5 Å². The summed E-state index contributed by atoms with van der Waals surface area (Å²) in [5, 5.41) is 0. The summed E-state index contributed by atoms with van der Waals surface area (Å²) in [7, 11) is 4.60. The Bertz CT molecular complexity index is 1250. The maximum absolute atomic E-state index is 6.25. The summed E-state index contributed by atoms with van der Waals surface area (Å²) in [5.41, 5.74) is 5.90. The fourth-order valence-corrected chi connectivity index (χ4v) is 4.89. The monoisotopic (exact) mass is 650 g/mol. The molecule has 0 spiro atoms. The molecule has 0 bridgehead atoms. The van der Waals surface area contributed by atoms with Crippen molar-refractivity contribution in [1.82, 2.24) is 0 Å². The van der Waals surface area contributed by atoms with Gasteiger partial charge in [0.25, 0.3) is 0 Å². The number of hydrogen-bond acceptors (Lipinski definition) is 8. The Balaban J connectivity index is 2.40. The number of rotatable bonds is 14. The molecule has 2 rings (SSSR count). The first-order chi connectivity index (χ1) is 21.7. The normalized spacial score (nSPS) is 13.1. The summed E-state index contributed by atoms with van der Waals surface area (Å²) in [5.74, 6) is 1.43. The first-order valence-corrected chi connectivity index (χ1v) is 16.5. The van der Waals surface area contributed by atoms with E-state index < -0.39 is 14.6 Å². The van der Waals surface area contributed by atoms with Gasteiger partial charge in [0.15, 0.2) is 0 Å². The van der Waals surface area contributed by atoms with E-state index in [9.17, 15) is 0 Å². The standard InChI is InChI=1S/C37H60B2N2O6/c1-34(2,3)28-20-26(32(46-38(42-13)43-14)30(22-28)36(7,8)9)24-40-18-17-19-41-25-27-21-29(35(4,5)6)23-31(37(10,11)12)33(27)47-39(44-15)45-16/h20-25H,17-19H2,1-16H3. The van der Waals surface area contributed by atoms with Gasteiger partial charge >= 0.3 is 14.6 Å².